The average molecular weight is 391 g/mol. The highest BCUT2D eigenvalue weighted by Gasteiger charge is 2.29. The first-order chi connectivity index (χ1) is 13.7. The summed E-state index contributed by atoms with van der Waals surface area (Å²) in [5, 5.41) is 1.95. The van der Waals surface area contributed by atoms with Crippen molar-refractivity contribution >= 4 is 33.7 Å². The predicted molar refractivity (Wildman–Crippen MR) is 114 cm³/mol. The van der Waals surface area contributed by atoms with Crippen molar-refractivity contribution in [3.8, 4) is 0 Å². The first-order valence-electron chi connectivity index (χ1n) is 10.0. The fourth-order valence-electron chi connectivity index (χ4n) is 4.73. The number of pyridine rings is 2. The highest BCUT2D eigenvalue weighted by molar-refractivity contribution is 6.31. The highest BCUT2D eigenvalue weighted by atomic mass is 35.5. The number of aromatic amines is 1. The second-order valence-corrected chi connectivity index (χ2v) is 8.40. The summed E-state index contributed by atoms with van der Waals surface area (Å²) < 4.78 is 0. The number of hydrogen-bond donors (Lipinski definition) is 1. The van der Waals surface area contributed by atoms with Gasteiger partial charge in [-0.3, -0.25) is 0 Å². The van der Waals surface area contributed by atoms with Crippen LogP contribution in [-0.4, -0.2) is 19.9 Å². The third-order valence-corrected chi connectivity index (χ3v) is 6.60. The molecule has 4 nitrogen and oxygen atoms in total. The van der Waals surface area contributed by atoms with Crippen LogP contribution in [-0.2, 0) is 0 Å². The molecular weight excluding hydrogens is 368 g/mol. The molecule has 1 atom stereocenters. The van der Waals surface area contributed by atoms with E-state index in [9.17, 15) is 0 Å². The Morgan fingerprint density at radius 3 is 2.71 bits per heavy atom. The zero-order chi connectivity index (χ0) is 19.1. The number of hydrogen-bond acceptors (Lipinski definition) is 3. The molecule has 1 aliphatic rings. The minimum Gasteiger partial charge on any atom is -0.342 e. The van der Waals surface area contributed by atoms with Crippen LogP contribution in [0, 0.1) is 5.92 Å². The van der Waals surface area contributed by atoms with Crippen molar-refractivity contribution in [2.24, 2.45) is 5.92 Å². The Labute approximate surface area is 169 Å². The van der Waals surface area contributed by atoms with Gasteiger partial charge in [0, 0.05) is 28.7 Å². The van der Waals surface area contributed by atoms with Gasteiger partial charge >= 0.3 is 0 Å². The molecule has 142 valence electrons. The Balaban J connectivity index is 1.33. The molecule has 28 heavy (non-hydrogen) atoms. The lowest BCUT2D eigenvalue weighted by Crippen LogP contribution is -2.19. The van der Waals surface area contributed by atoms with Gasteiger partial charge in [-0.15, -0.1) is 0 Å². The van der Waals surface area contributed by atoms with Gasteiger partial charge in [-0.05, 0) is 79.5 Å². The van der Waals surface area contributed by atoms with E-state index in [-0.39, 0.29) is 0 Å². The van der Waals surface area contributed by atoms with E-state index in [0.717, 1.165) is 27.5 Å². The predicted octanol–water partition coefficient (Wildman–Crippen LogP) is 6.24. The molecule has 0 radical (unpaired) electrons. The molecule has 5 heteroatoms. The number of imidazole rings is 1. The van der Waals surface area contributed by atoms with Crippen LogP contribution in [0.4, 0.5) is 0 Å². The van der Waals surface area contributed by atoms with Crippen LogP contribution in [0.25, 0.3) is 22.1 Å². The second kappa shape index (κ2) is 7.17. The average Bonchev–Trinajstić information content (AvgIpc) is 3.16. The van der Waals surface area contributed by atoms with Gasteiger partial charge in [-0.1, -0.05) is 18.5 Å². The van der Waals surface area contributed by atoms with Crippen LogP contribution in [0.3, 0.4) is 0 Å². The van der Waals surface area contributed by atoms with Gasteiger partial charge in [0.1, 0.15) is 5.82 Å². The summed E-state index contributed by atoms with van der Waals surface area (Å²) in [6.45, 7) is 2.30. The van der Waals surface area contributed by atoms with Crippen molar-refractivity contribution in [1.82, 2.24) is 19.9 Å². The maximum absolute atomic E-state index is 6.12. The van der Waals surface area contributed by atoms with Crippen LogP contribution < -0.4 is 0 Å². The lowest BCUT2D eigenvalue weighted by molar-refractivity contribution is 0.286. The molecule has 0 bridgehead atoms. The van der Waals surface area contributed by atoms with Gasteiger partial charge in [-0.25, -0.2) is 15.0 Å². The van der Waals surface area contributed by atoms with Crippen LogP contribution in [0.15, 0.2) is 48.8 Å². The van der Waals surface area contributed by atoms with Gasteiger partial charge in [0.25, 0.3) is 0 Å². The zero-order valence-electron chi connectivity index (χ0n) is 15.9. The highest BCUT2D eigenvalue weighted by Crippen LogP contribution is 2.42. The third kappa shape index (κ3) is 3.16. The SMILES string of the molecule is CC(c1nc2ccc(Cl)cc2[nH]1)[C@H]1CC[C@@H](c2ccnc3ncccc32)CC1. The van der Waals surface area contributed by atoms with E-state index in [1.54, 1.807) is 0 Å². The lowest BCUT2D eigenvalue weighted by Gasteiger charge is -2.32. The molecule has 1 N–H and O–H groups in total. The molecule has 4 aromatic rings. The molecule has 0 amide bonds. The van der Waals surface area contributed by atoms with Crippen molar-refractivity contribution < 1.29 is 0 Å². The normalized spacial score (nSPS) is 21.2. The van der Waals surface area contributed by atoms with Crippen LogP contribution in [0.1, 0.15) is 55.8 Å². The maximum Gasteiger partial charge on any atom is 0.159 e. The van der Waals surface area contributed by atoms with E-state index >= 15 is 0 Å². The molecule has 1 saturated carbocycles. The Morgan fingerprint density at radius 1 is 1.04 bits per heavy atom. The number of halogens is 1. The quantitative estimate of drug-likeness (QED) is 0.450. The van der Waals surface area contributed by atoms with Gasteiger partial charge in [0.05, 0.1) is 11.0 Å². The van der Waals surface area contributed by atoms with Gasteiger partial charge < -0.3 is 4.98 Å². The number of rotatable bonds is 3. The van der Waals surface area contributed by atoms with E-state index in [0.29, 0.717) is 17.8 Å². The van der Waals surface area contributed by atoms with Gasteiger partial charge in [0.15, 0.2) is 5.65 Å². The number of benzene rings is 1. The summed E-state index contributed by atoms with van der Waals surface area (Å²) >= 11 is 6.12. The van der Waals surface area contributed by atoms with Crippen molar-refractivity contribution in [3.63, 3.8) is 0 Å². The van der Waals surface area contributed by atoms with Crippen molar-refractivity contribution in [1.29, 1.82) is 0 Å². The fourth-order valence-corrected chi connectivity index (χ4v) is 4.90. The smallest absolute Gasteiger partial charge is 0.159 e. The topological polar surface area (TPSA) is 54.5 Å². The first-order valence-corrected chi connectivity index (χ1v) is 10.4. The van der Waals surface area contributed by atoms with Gasteiger partial charge in [0.2, 0.25) is 0 Å². The molecule has 0 aliphatic heterocycles. The molecule has 1 unspecified atom stereocenters. The number of fused-ring (bicyclic) bond motifs is 2. The largest absolute Gasteiger partial charge is 0.342 e. The Bertz CT molecular complexity index is 1120. The number of aromatic nitrogens is 4. The minimum atomic E-state index is 0.419. The van der Waals surface area contributed by atoms with E-state index in [4.69, 9.17) is 16.6 Å². The summed E-state index contributed by atoms with van der Waals surface area (Å²) in [5.74, 6) is 2.74. The lowest BCUT2D eigenvalue weighted by atomic mass is 9.73. The molecule has 0 spiro atoms. The number of H-pyrrole nitrogens is 1. The minimum absolute atomic E-state index is 0.419. The van der Waals surface area contributed by atoms with Crippen LogP contribution in [0.5, 0.6) is 0 Å². The second-order valence-electron chi connectivity index (χ2n) is 7.96. The number of nitrogens with one attached hydrogen (secondary N) is 1. The summed E-state index contributed by atoms with van der Waals surface area (Å²) in [6, 6.07) is 12.2. The molecule has 5 rings (SSSR count). The molecule has 0 saturated heterocycles. The Hall–Kier alpha value is -2.46. The molecule has 1 aromatic carbocycles. The monoisotopic (exact) mass is 390 g/mol. The molecule has 1 fully saturated rings. The Kier molecular flexibility index (Phi) is 4.52. The summed E-state index contributed by atoms with van der Waals surface area (Å²) in [6.07, 6.45) is 8.56. The van der Waals surface area contributed by atoms with E-state index in [1.165, 1.54) is 36.6 Å². The zero-order valence-corrected chi connectivity index (χ0v) is 16.7. The van der Waals surface area contributed by atoms with E-state index in [2.05, 4.69) is 34.0 Å². The molecular formula is C23H23ClN4. The summed E-state index contributed by atoms with van der Waals surface area (Å²) in [4.78, 5) is 17.1. The molecule has 3 aromatic heterocycles. The Morgan fingerprint density at radius 2 is 1.86 bits per heavy atom. The third-order valence-electron chi connectivity index (χ3n) is 6.36. The number of nitrogens with zero attached hydrogens (tertiary/aromatic N) is 3. The van der Waals surface area contributed by atoms with E-state index < -0.39 is 0 Å². The first kappa shape index (κ1) is 17.6. The van der Waals surface area contributed by atoms with Crippen LogP contribution in [0.2, 0.25) is 5.02 Å². The van der Waals surface area contributed by atoms with Crippen molar-refractivity contribution in [2.45, 2.75) is 44.4 Å². The van der Waals surface area contributed by atoms with Crippen molar-refractivity contribution in [2.75, 3.05) is 0 Å². The van der Waals surface area contributed by atoms with Crippen molar-refractivity contribution in [3.05, 3.63) is 65.2 Å². The summed E-state index contributed by atoms with van der Waals surface area (Å²) in [5.41, 5.74) is 4.29. The van der Waals surface area contributed by atoms with Gasteiger partial charge in [-0.2, -0.15) is 0 Å². The van der Waals surface area contributed by atoms with E-state index in [1.807, 2.05) is 36.7 Å². The summed E-state index contributed by atoms with van der Waals surface area (Å²) in [7, 11) is 0. The van der Waals surface area contributed by atoms with Crippen LogP contribution >= 0.6 is 11.6 Å². The standard InChI is InChI=1S/C23H23ClN4/c1-14(22-27-20-9-8-17(24)13-21(20)28-22)15-4-6-16(7-5-15)18-10-12-26-23-19(18)3-2-11-25-23/h2-3,8-16H,4-7H2,1H3,(H,27,28)/t14?,15-,16+. The fraction of sp³-hybridized carbons (Fsp3) is 0.348. The maximum atomic E-state index is 6.12. The molecule has 3 heterocycles. The molecule has 1 aliphatic carbocycles.